The summed E-state index contributed by atoms with van der Waals surface area (Å²) in [6.45, 7) is 5.26. The Labute approximate surface area is 74.2 Å². The summed E-state index contributed by atoms with van der Waals surface area (Å²) in [7, 11) is 1.90. The van der Waals surface area contributed by atoms with E-state index in [2.05, 4.69) is 17.2 Å². The van der Waals surface area contributed by atoms with Crippen LogP contribution in [0.5, 0.6) is 0 Å². The van der Waals surface area contributed by atoms with Crippen LogP contribution >= 0.6 is 0 Å². The fourth-order valence-corrected chi connectivity index (χ4v) is 0.815. The number of hydrogen-bond donors (Lipinski definition) is 2. The topological polar surface area (TPSA) is 41.1 Å². The zero-order chi connectivity index (χ0) is 9.23. The molecule has 0 saturated heterocycles. The predicted molar refractivity (Wildman–Crippen MR) is 51.0 cm³/mol. The second-order valence-electron chi connectivity index (χ2n) is 2.63. The number of carbonyl (C=O) groups is 1. The van der Waals surface area contributed by atoms with Gasteiger partial charge in [-0.15, -0.1) is 6.58 Å². The second kappa shape index (κ2) is 8.27. The largest absolute Gasteiger partial charge is 0.356 e. The van der Waals surface area contributed by atoms with Crippen LogP contribution in [0.15, 0.2) is 12.7 Å². The maximum Gasteiger partial charge on any atom is 0.220 e. The van der Waals surface area contributed by atoms with Crippen molar-refractivity contribution in [3.05, 3.63) is 12.7 Å². The van der Waals surface area contributed by atoms with Crippen LogP contribution in [0.1, 0.15) is 19.3 Å². The first-order valence-electron chi connectivity index (χ1n) is 4.33. The minimum Gasteiger partial charge on any atom is -0.356 e. The molecule has 1 amide bonds. The molecule has 0 heterocycles. The Hall–Kier alpha value is -0.830. The lowest BCUT2D eigenvalue weighted by Crippen LogP contribution is -2.26. The van der Waals surface area contributed by atoms with Gasteiger partial charge < -0.3 is 10.6 Å². The van der Waals surface area contributed by atoms with Crippen LogP contribution in [0.4, 0.5) is 0 Å². The van der Waals surface area contributed by atoms with Gasteiger partial charge in [0.1, 0.15) is 0 Å². The van der Waals surface area contributed by atoms with Crippen molar-refractivity contribution in [2.45, 2.75) is 19.3 Å². The molecule has 0 atom stereocenters. The van der Waals surface area contributed by atoms with Crippen molar-refractivity contribution in [3.8, 4) is 0 Å². The van der Waals surface area contributed by atoms with Crippen LogP contribution in [0.25, 0.3) is 0 Å². The van der Waals surface area contributed by atoms with Crippen molar-refractivity contribution in [3.63, 3.8) is 0 Å². The van der Waals surface area contributed by atoms with Gasteiger partial charge in [-0.05, 0) is 26.4 Å². The summed E-state index contributed by atoms with van der Waals surface area (Å²) in [5.74, 6) is 0.117. The van der Waals surface area contributed by atoms with Crippen molar-refractivity contribution in [1.82, 2.24) is 10.6 Å². The van der Waals surface area contributed by atoms with E-state index in [1.807, 2.05) is 7.05 Å². The molecule has 0 radical (unpaired) electrons. The maximum atomic E-state index is 11.0. The Bertz CT molecular complexity index is 134. The lowest BCUT2D eigenvalue weighted by molar-refractivity contribution is -0.121. The van der Waals surface area contributed by atoms with Crippen molar-refractivity contribution in [2.24, 2.45) is 0 Å². The predicted octanol–water partition coefficient (Wildman–Crippen LogP) is 0.678. The average molecular weight is 170 g/mol. The Kier molecular flexibility index (Phi) is 7.70. The number of nitrogens with one attached hydrogen (secondary N) is 2. The van der Waals surface area contributed by atoms with E-state index in [1.165, 1.54) is 0 Å². The number of carbonyl (C=O) groups excluding carboxylic acids is 1. The van der Waals surface area contributed by atoms with Crippen LogP contribution < -0.4 is 10.6 Å². The molecule has 3 nitrogen and oxygen atoms in total. The van der Waals surface area contributed by atoms with Crippen molar-refractivity contribution in [1.29, 1.82) is 0 Å². The molecule has 0 aliphatic heterocycles. The summed E-state index contributed by atoms with van der Waals surface area (Å²) in [6, 6.07) is 0. The standard InChI is InChI=1S/C9H18N2O/c1-3-4-6-9(12)11-8-5-7-10-2/h3,10H,1,4-8H2,2H3,(H,11,12). The highest BCUT2D eigenvalue weighted by Gasteiger charge is 1.96. The zero-order valence-corrected chi connectivity index (χ0v) is 7.73. The SMILES string of the molecule is C=CCCC(=O)NCCCNC. The van der Waals surface area contributed by atoms with Gasteiger partial charge in [0.15, 0.2) is 0 Å². The lowest BCUT2D eigenvalue weighted by Gasteiger charge is -2.02. The molecule has 0 bridgehead atoms. The molecule has 70 valence electrons. The summed E-state index contributed by atoms with van der Waals surface area (Å²) in [4.78, 5) is 11.0. The molecule has 0 rings (SSSR count). The molecule has 0 aromatic heterocycles. The summed E-state index contributed by atoms with van der Waals surface area (Å²) in [5, 5.41) is 5.84. The minimum atomic E-state index is 0.117. The van der Waals surface area contributed by atoms with Gasteiger partial charge in [-0.3, -0.25) is 4.79 Å². The van der Waals surface area contributed by atoms with E-state index < -0.39 is 0 Å². The molecule has 2 N–H and O–H groups in total. The summed E-state index contributed by atoms with van der Waals surface area (Å²) >= 11 is 0. The van der Waals surface area contributed by atoms with E-state index >= 15 is 0 Å². The van der Waals surface area contributed by atoms with Gasteiger partial charge in [-0.25, -0.2) is 0 Å². The highest BCUT2D eigenvalue weighted by atomic mass is 16.1. The molecule has 0 aromatic carbocycles. The van der Waals surface area contributed by atoms with Crippen LogP contribution in [-0.2, 0) is 4.79 Å². The molecular formula is C9H18N2O. The first-order valence-corrected chi connectivity index (χ1v) is 4.33. The highest BCUT2D eigenvalue weighted by molar-refractivity contribution is 5.75. The average Bonchev–Trinajstić information content (AvgIpc) is 2.09. The van der Waals surface area contributed by atoms with E-state index in [4.69, 9.17) is 0 Å². The van der Waals surface area contributed by atoms with Crippen LogP contribution in [0.2, 0.25) is 0 Å². The molecule has 0 aliphatic carbocycles. The Morgan fingerprint density at radius 3 is 2.83 bits per heavy atom. The monoisotopic (exact) mass is 170 g/mol. The number of hydrogen-bond acceptors (Lipinski definition) is 2. The molecular weight excluding hydrogens is 152 g/mol. The second-order valence-corrected chi connectivity index (χ2v) is 2.63. The lowest BCUT2D eigenvalue weighted by atomic mass is 10.3. The van der Waals surface area contributed by atoms with Gasteiger partial charge in [0, 0.05) is 13.0 Å². The van der Waals surface area contributed by atoms with E-state index in [0.717, 1.165) is 25.9 Å². The van der Waals surface area contributed by atoms with Gasteiger partial charge in [-0.2, -0.15) is 0 Å². The Morgan fingerprint density at radius 2 is 2.25 bits per heavy atom. The number of rotatable bonds is 7. The van der Waals surface area contributed by atoms with Crippen LogP contribution in [0, 0.1) is 0 Å². The van der Waals surface area contributed by atoms with Crippen molar-refractivity contribution in [2.75, 3.05) is 20.1 Å². The van der Waals surface area contributed by atoms with Gasteiger partial charge in [0.25, 0.3) is 0 Å². The summed E-state index contributed by atoms with van der Waals surface area (Å²) in [5.41, 5.74) is 0. The molecule has 0 spiro atoms. The Balaban J connectivity index is 3.13. The van der Waals surface area contributed by atoms with E-state index in [-0.39, 0.29) is 5.91 Å². The quantitative estimate of drug-likeness (QED) is 0.436. The molecule has 0 aliphatic rings. The van der Waals surface area contributed by atoms with E-state index in [1.54, 1.807) is 6.08 Å². The van der Waals surface area contributed by atoms with Gasteiger partial charge in [0.05, 0.1) is 0 Å². The molecule has 12 heavy (non-hydrogen) atoms. The molecule has 0 aromatic rings. The maximum absolute atomic E-state index is 11.0. The molecule has 3 heteroatoms. The van der Waals surface area contributed by atoms with Gasteiger partial charge >= 0.3 is 0 Å². The molecule has 0 fully saturated rings. The van der Waals surface area contributed by atoms with Crippen LogP contribution in [0.3, 0.4) is 0 Å². The van der Waals surface area contributed by atoms with E-state index in [0.29, 0.717) is 6.42 Å². The fraction of sp³-hybridized carbons (Fsp3) is 0.667. The third-order valence-corrected chi connectivity index (χ3v) is 1.50. The molecule has 0 saturated carbocycles. The summed E-state index contributed by atoms with van der Waals surface area (Å²) in [6.07, 6.45) is 4.06. The first kappa shape index (κ1) is 11.2. The van der Waals surface area contributed by atoms with Gasteiger partial charge in [0.2, 0.25) is 5.91 Å². The van der Waals surface area contributed by atoms with Crippen LogP contribution in [-0.4, -0.2) is 26.0 Å². The summed E-state index contributed by atoms with van der Waals surface area (Å²) < 4.78 is 0. The zero-order valence-electron chi connectivity index (χ0n) is 7.73. The van der Waals surface area contributed by atoms with Crippen molar-refractivity contribution < 1.29 is 4.79 Å². The third kappa shape index (κ3) is 7.28. The third-order valence-electron chi connectivity index (χ3n) is 1.50. The fourth-order valence-electron chi connectivity index (χ4n) is 0.815. The Morgan fingerprint density at radius 1 is 1.50 bits per heavy atom. The number of amides is 1. The van der Waals surface area contributed by atoms with Crippen molar-refractivity contribution >= 4 is 5.91 Å². The highest BCUT2D eigenvalue weighted by Crippen LogP contribution is 1.88. The minimum absolute atomic E-state index is 0.117. The number of allylic oxidation sites excluding steroid dienone is 1. The normalized spacial score (nSPS) is 9.42. The van der Waals surface area contributed by atoms with Gasteiger partial charge in [-0.1, -0.05) is 6.08 Å². The first-order chi connectivity index (χ1) is 5.81. The molecule has 0 unspecified atom stereocenters. The smallest absolute Gasteiger partial charge is 0.220 e. The van der Waals surface area contributed by atoms with E-state index in [9.17, 15) is 4.79 Å².